The molecule has 0 fully saturated rings. The number of ether oxygens (including phenoxy) is 6. The first-order valence-electron chi connectivity index (χ1n) is 29.2. The summed E-state index contributed by atoms with van der Waals surface area (Å²) in [4.78, 5) is 58.6. The summed E-state index contributed by atoms with van der Waals surface area (Å²) < 4.78 is 35.9. The zero-order valence-electron chi connectivity index (χ0n) is 48.3. The van der Waals surface area contributed by atoms with E-state index in [1.54, 1.807) is 61.0 Å². The van der Waals surface area contributed by atoms with Crippen LogP contribution in [0, 0.1) is 0 Å². The van der Waals surface area contributed by atoms with Gasteiger partial charge in [-0.1, -0.05) is 97.9 Å². The summed E-state index contributed by atoms with van der Waals surface area (Å²) in [6, 6.07) is 41.4. The fourth-order valence-electron chi connectivity index (χ4n) is 9.06. The Morgan fingerprint density at radius 3 is 1.24 bits per heavy atom. The lowest BCUT2D eigenvalue weighted by Crippen LogP contribution is -2.10. The number of benzene rings is 6. The highest BCUT2D eigenvalue weighted by Gasteiger charge is 2.16. The summed E-state index contributed by atoms with van der Waals surface area (Å²) >= 11 is 3.01. The molecule has 0 saturated heterocycles. The number of fused-ring (bicyclic) bond motifs is 2. The van der Waals surface area contributed by atoms with Crippen LogP contribution in [0.3, 0.4) is 0 Å². The molecule has 0 aliphatic rings. The van der Waals surface area contributed by atoms with Gasteiger partial charge in [0.2, 0.25) is 10.3 Å². The molecule has 0 atom stereocenters. The summed E-state index contributed by atoms with van der Waals surface area (Å²) in [5, 5.41) is 10.3. The van der Waals surface area contributed by atoms with Crippen molar-refractivity contribution in [3.8, 4) is 23.0 Å². The molecule has 446 valence electrons. The van der Waals surface area contributed by atoms with Crippen LogP contribution < -0.4 is 29.8 Å². The number of rotatable bonds is 37. The highest BCUT2D eigenvalue weighted by molar-refractivity contribution is 7.22. The Hall–Kier alpha value is -9.00. The Morgan fingerprint density at radius 2 is 0.837 bits per heavy atom. The van der Waals surface area contributed by atoms with E-state index in [-0.39, 0.29) is 0 Å². The smallest absolute Gasteiger partial charge is 0.343 e. The number of carbonyl (C=O) groups excluding carboxylic acids is 4. The van der Waals surface area contributed by atoms with Crippen LogP contribution >= 0.6 is 22.7 Å². The molecule has 2 N–H and O–H groups in total. The van der Waals surface area contributed by atoms with Crippen LogP contribution in [0.2, 0.25) is 0 Å². The minimum absolute atomic E-state index is 0.380. The molecule has 0 radical (unpaired) electrons. The largest absolute Gasteiger partial charge is 0.494 e. The van der Waals surface area contributed by atoms with Crippen LogP contribution in [0.5, 0.6) is 23.0 Å². The Bertz CT molecular complexity index is 3260. The number of esters is 4. The highest BCUT2D eigenvalue weighted by Crippen LogP contribution is 2.29. The molecule has 18 heteroatoms. The van der Waals surface area contributed by atoms with Gasteiger partial charge in [0.15, 0.2) is 0 Å². The fraction of sp³-hybridized carbons (Fsp3) is 0.294. The summed E-state index contributed by atoms with van der Waals surface area (Å²) in [6.45, 7) is 8.63. The topological polar surface area (TPSA) is 198 Å². The molecule has 0 amide bonds. The first kappa shape index (κ1) is 63.0. The maximum Gasteiger partial charge on any atom is 0.343 e. The van der Waals surface area contributed by atoms with E-state index in [1.807, 2.05) is 84.9 Å². The predicted octanol–water partition coefficient (Wildman–Crippen LogP) is 15.7. The van der Waals surface area contributed by atoms with E-state index in [2.05, 4.69) is 44.2 Å². The molecular formula is C68H72N6O10S2. The van der Waals surface area contributed by atoms with E-state index < -0.39 is 23.9 Å². The Morgan fingerprint density at radius 1 is 0.453 bits per heavy atom. The van der Waals surface area contributed by atoms with Crippen molar-refractivity contribution in [2.75, 3.05) is 37.3 Å². The Labute approximate surface area is 510 Å². The van der Waals surface area contributed by atoms with Crippen molar-refractivity contribution in [3.05, 3.63) is 192 Å². The van der Waals surface area contributed by atoms with Gasteiger partial charge in [-0.05, 0) is 185 Å². The van der Waals surface area contributed by atoms with Crippen molar-refractivity contribution in [1.82, 2.24) is 9.97 Å². The number of hydrazone groups is 2. The molecule has 16 nitrogen and oxygen atoms in total. The van der Waals surface area contributed by atoms with Crippen molar-refractivity contribution in [1.29, 1.82) is 0 Å². The van der Waals surface area contributed by atoms with Crippen molar-refractivity contribution >= 4 is 89.7 Å². The lowest BCUT2D eigenvalue weighted by atomic mass is 10.0. The fourth-order valence-corrected chi connectivity index (χ4v) is 10.7. The number of hydrogen-bond acceptors (Lipinski definition) is 18. The number of anilines is 2. The number of para-hydroxylation sites is 2. The van der Waals surface area contributed by atoms with E-state index in [9.17, 15) is 19.2 Å². The average molecular weight is 1200 g/mol. The minimum atomic E-state index is -0.495. The molecule has 8 aromatic rings. The summed E-state index contributed by atoms with van der Waals surface area (Å²) in [6.07, 6.45) is 20.6. The number of nitrogens with one attached hydrogen (secondary N) is 2. The molecule has 0 aliphatic carbocycles. The zero-order chi connectivity index (χ0) is 60.0. The number of aromatic nitrogens is 2. The maximum atomic E-state index is 13.5. The molecule has 0 unspecified atom stereocenters. The van der Waals surface area contributed by atoms with Crippen LogP contribution in [0.25, 0.3) is 20.4 Å². The summed E-state index contributed by atoms with van der Waals surface area (Å²) in [7, 11) is 0. The molecular weight excluding hydrogens is 1120 g/mol. The normalized spacial score (nSPS) is 11.2. The number of thiazole rings is 2. The lowest BCUT2D eigenvalue weighted by Gasteiger charge is -2.11. The van der Waals surface area contributed by atoms with Gasteiger partial charge in [0.1, 0.15) is 23.0 Å². The van der Waals surface area contributed by atoms with E-state index in [0.717, 1.165) is 134 Å². The second-order valence-corrected chi connectivity index (χ2v) is 22.2. The predicted molar refractivity (Wildman–Crippen MR) is 343 cm³/mol. The van der Waals surface area contributed by atoms with Crippen LogP contribution in [0.1, 0.15) is 133 Å². The molecule has 6 aromatic carbocycles. The first-order chi connectivity index (χ1) is 42.2. The molecule has 0 spiro atoms. The van der Waals surface area contributed by atoms with E-state index in [1.165, 1.54) is 34.8 Å². The Kier molecular flexibility index (Phi) is 25.4. The average Bonchev–Trinajstić information content (AvgIpc) is 3.90. The summed E-state index contributed by atoms with van der Waals surface area (Å²) in [5.74, 6) is 0.294. The number of aryl methyl sites for hydroxylation is 2. The van der Waals surface area contributed by atoms with Crippen molar-refractivity contribution < 1.29 is 47.6 Å². The number of nitrogens with zero attached hydrogens (tertiary/aromatic N) is 4. The number of unbranched alkanes of at least 4 members (excludes halogenated alkanes) is 11. The van der Waals surface area contributed by atoms with Gasteiger partial charge in [0.05, 0.1) is 70.4 Å². The lowest BCUT2D eigenvalue weighted by molar-refractivity contribution is -0.138. The zero-order valence-corrected chi connectivity index (χ0v) is 49.9. The summed E-state index contributed by atoms with van der Waals surface area (Å²) in [5.41, 5.74) is 12.2. The van der Waals surface area contributed by atoms with Crippen molar-refractivity contribution in [2.45, 2.75) is 103 Å². The van der Waals surface area contributed by atoms with Crippen molar-refractivity contribution in [3.63, 3.8) is 0 Å². The van der Waals surface area contributed by atoms with E-state index in [0.29, 0.717) is 81.9 Å². The third-order valence-corrected chi connectivity index (χ3v) is 15.5. The van der Waals surface area contributed by atoms with Crippen LogP contribution in [-0.4, -0.2) is 72.7 Å². The standard InChI is InChI=1S/C68H72N6O10S2/c1-3-63(75)81-43-21-11-9-19-41-79-55-35-31-51(32-36-55)65(77)83-59-39-29-49(45-53(59)47-69-73-67-71-57-25-15-17-27-61(57)85-67)23-13-7-5-6-8-14-24-50-30-40-60(54(46-50)48-70-74-68-72-58-26-16-18-28-62(58)86-68)84-66(78)52-33-37-56(38-34-52)80-42-20-10-12-22-44-82-64(76)4-2/h3-4,15-18,25-40,45-48H,1-2,5-14,19-24,41-44H2,(H,71,73)(H,72,74)/b69-47+,70-48+. The molecule has 0 aliphatic heterocycles. The van der Waals surface area contributed by atoms with Gasteiger partial charge in [0, 0.05) is 23.3 Å². The molecule has 2 aromatic heterocycles. The molecule has 0 saturated carbocycles. The van der Waals surface area contributed by atoms with E-state index >= 15 is 0 Å². The van der Waals surface area contributed by atoms with Gasteiger partial charge in [-0.25, -0.2) is 29.1 Å². The number of hydrogen-bond donors (Lipinski definition) is 2. The molecule has 0 bridgehead atoms. The van der Waals surface area contributed by atoms with Gasteiger partial charge in [-0.15, -0.1) is 0 Å². The first-order valence-corrected chi connectivity index (χ1v) is 30.9. The van der Waals surface area contributed by atoms with Gasteiger partial charge in [-0.3, -0.25) is 10.9 Å². The second-order valence-electron chi connectivity index (χ2n) is 20.2. The molecule has 2 heterocycles. The Balaban J connectivity index is 0.802. The quantitative estimate of drug-likeness (QED) is 0.00931. The second kappa shape index (κ2) is 34.7. The van der Waals surface area contributed by atoms with Gasteiger partial charge >= 0.3 is 23.9 Å². The monoisotopic (exact) mass is 1200 g/mol. The van der Waals surface area contributed by atoms with Gasteiger partial charge in [0.25, 0.3) is 0 Å². The van der Waals surface area contributed by atoms with Crippen LogP contribution in [0.15, 0.2) is 169 Å². The molecule has 86 heavy (non-hydrogen) atoms. The van der Waals surface area contributed by atoms with Crippen molar-refractivity contribution in [2.24, 2.45) is 10.2 Å². The SMILES string of the molecule is C=CC(=O)OCCCCCCOc1ccc(C(=O)Oc2ccc(CCCCCCCCc3ccc(OC(=O)c4ccc(OCCCCCCOC(=O)C=C)cc4)c(/C=N/Nc4nc5ccccc5s4)c3)cc2/C=N/Nc2nc3ccccc3s2)cc1. The third-order valence-electron chi connectivity index (χ3n) is 13.7. The maximum absolute atomic E-state index is 13.5. The highest BCUT2D eigenvalue weighted by atomic mass is 32.1. The minimum Gasteiger partial charge on any atom is -0.494 e. The van der Waals surface area contributed by atoms with E-state index in [4.69, 9.17) is 28.4 Å². The van der Waals surface area contributed by atoms with Crippen LogP contribution in [-0.2, 0) is 31.9 Å². The number of carbonyl (C=O) groups is 4. The molecule has 8 rings (SSSR count). The van der Waals surface area contributed by atoms with Crippen LogP contribution in [0.4, 0.5) is 10.3 Å². The van der Waals surface area contributed by atoms with Gasteiger partial charge in [-0.2, -0.15) is 10.2 Å². The third kappa shape index (κ3) is 21.0. The van der Waals surface area contributed by atoms with Gasteiger partial charge < -0.3 is 28.4 Å².